The third-order valence-electron chi connectivity index (χ3n) is 4.73. The SMILES string of the molecule is CCOC(=O)c1c(CN2CCCC[C@@H]2C)oc2ccc(OC)cc12. The summed E-state index contributed by atoms with van der Waals surface area (Å²) >= 11 is 0. The van der Waals surface area contributed by atoms with Crippen LogP contribution in [0, 0.1) is 0 Å². The summed E-state index contributed by atoms with van der Waals surface area (Å²) in [4.78, 5) is 14.9. The van der Waals surface area contributed by atoms with Gasteiger partial charge in [0.15, 0.2) is 0 Å². The zero-order chi connectivity index (χ0) is 17.1. The topological polar surface area (TPSA) is 51.9 Å². The van der Waals surface area contributed by atoms with Crippen molar-refractivity contribution >= 4 is 16.9 Å². The molecule has 0 radical (unpaired) electrons. The van der Waals surface area contributed by atoms with Gasteiger partial charge in [0, 0.05) is 11.4 Å². The van der Waals surface area contributed by atoms with Crippen molar-refractivity contribution in [1.82, 2.24) is 4.90 Å². The molecule has 5 nitrogen and oxygen atoms in total. The van der Waals surface area contributed by atoms with Crippen LogP contribution in [0.25, 0.3) is 11.0 Å². The molecule has 3 rings (SSSR count). The first-order chi connectivity index (χ1) is 11.6. The molecular weight excluding hydrogens is 306 g/mol. The summed E-state index contributed by atoms with van der Waals surface area (Å²) in [5.41, 5.74) is 1.22. The fraction of sp³-hybridized carbons (Fsp3) is 0.526. The fourth-order valence-corrected chi connectivity index (χ4v) is 3.37. The maximum atomic E-state index is 12.5. The summed E-state index contributed by atoms with van der Waals surface area (Å²) in [5.74, 6) is 1.06. The Morgan fingerprint density at radius 2 is 2.21 bits per heavy atom. The monoisotopic (exact) mass is 331 g/mol. The van der Waals surface area contributed by atoms with Gasteiger partial charge >= 0.3 is 5.97 Å². The molecule has 0 unspecified atom stereocenters. The highest BCUT2D eigenvalue weighted by Crippen LogP contribution is 2.32. The van der Waals surface area contributed by atoms with E-state index in [4.69, 9.17) is 13.9 Å². The van der Waals surface area contributed by atoms with Crippen LogP contribution in [0.1, 0.15) is 49.2 Å². The highest BCUT2D eigenvalue weighted by atomic mass is 16.5. The van der Waals surface area contributed by atoms with Crippen molar-refractivity contribution in [3.63, 3.8) is 0 Å². The first-order valence-corrected chi connectivity index (χ1v) is 8.64. The summed E-state index contributed by atoms with van der Waals surface area (Å²) < 4.78 is 16.6. The fourth-order valence-electron chi connectivity index (χ4n) is 3.37. The number of carbonyl (C=O) groups is 1. The number of rotatable bonds is 5. The van der Waals surface area contributed by atoms with Crippen LogP contribution < -0.4 is 4.74 Å². The third kappa shape index (κ3) is 3.26. The molecule has 1 aromatic carbocycles. The largest absolute Gasteiger partial charge is 0.497 e. The molecule has 1 fully saturated rings. The van der Waals surface area contributed by atoms with Crippen LogP contribution in [0.4, 0.5) is 0 Å². The van der Waals surface area contributed by atoms with E-state index in [0.29, 0.717) is 41.8 Å². The number of methoxy groups -OCH3 is 1. The van der Waals surface area contributed by atoms with Gasteiger partial charge < -0.3 is 13.9 Å². The Morgan fingerprint density at radius 1 is 1.38 bits per heavy atom. The molecule has 1 atom stereocenters. The lowest BCUT2D eigenvalue weighted by Crippen LogP contribution is -2.37. The van der Waals surface area contributed by atoms with E-state index in [1.165, 1.54) is 19.3 Å². The summed E-state index contributed by atoms with van der Waals surface area (Å²) in [7, 11) is 1.61. The molecule has 24 heavy (non-hydrogen) atoms. The Hall–Kier alpha value is -2.01. The molecule has 0 amide bonds. The molecule has 0 N–H and O–H groups in total. The van der Waals surface area contributed by atoms with E-state index in [1.807, 2.05) is 25.1 Å². The van der Waals surface area contributed by atoms with Gasteiger partial charge in [-0.3, -0.25) is 4.90 Å². The number of piperidine rings is 1. The van der Waals surface area contributed by atoms with Crippen LogP contribution in [-0.4, -0.2) is 37.2 Å². The van der Waals surface area contributed by atoms with Gasteiger partial charge in [-0.15, -0.1) is 0 Å². The predicted molar refractivity (Wildman–Crippen MR) is 92.4 cm³/mol. The Kier molecular flexibility index (Phi) is 5.09. The minimum absolute atomic E-state index is 0.329. The van der Waals surface area contributed by atoms with E-state index in [-0.39, 0.29) is 5.97 Å². The maximum Gasteiger partial charge on any atom is 0.342 e. The Labute approximate surface area is 142 Å². The highest BCUT2D eigenvalue weighted by molar-refractivity contribution is 6.05. The van der Waals surface area contributed by atoms with Crippen molar-refractivity contribution in [2.75, 3.05) is 20.3 Å². The molecule has 0 aliphatic carbocycles. The summed E-state index contributed by atoms with van der Waals surface area (Å²) in [5, 5.41) is 0.757. The van der Waals surface area contributed by atoms with Crippen LogP contribution >= 0.6 is 0 Å². The highest BCUT2D eigenvalue weighted by Gasteiger charge is 2.26. The van der Waals surface area contributed by atoms with E-state index >= 15 is 0 Å². The van der Waals surface area contributed by atoms with Crippen LogP contribution in [0.15, 0.2) is 22.6 Å². The lowest BCUT2D eigenvalue weighted by atomic mass is 10.0. The molecule has 1 saturated heterocycles. The number of likely N-dealkylation sites (tertiary alicyclic amines) is 1. The van der Waals surface area contributed by atoms with Gasteiger partial charge in [-0.1, -0.05) is 6.42 Å². The van der Waals surface area contributed by atoms with Crippen molar-refractivity contribution in [2.24, 2.45) is 0 Å². The van der Waals surface area contributed by atoms with Gasteiger partial charge in [0.1, 0.15) is 22.7 Å². The van der Waals surface area contributed by atoms with Gasteiger partial charge in [0.05, 0.1) is 20.3 Å². The molecule has 1 aliphatic rings. The molecule has 1 aliphatic heterocycles. The molecule has 0 saturated carbocycles. The van der Waals surface area contributed by atoms with Crippen molar-refractivity contribution in [3.8, 4) is 5.75 Å². The number of hydrogen-bond donors (Lipinski definition) is 0. The summed E-state index contributed by atoms with van der Waals surface area (Å²) in [6.45, 7) is 6.05. The van der Waals surface area contributed by atoms with Crippen LogP contribution in [0.5, 0.6) is 5.75 Å². The van der Waals surface area contributed by atoms with Crippen molar-refractivity contribution < 1.29 is 18.7 Å². The van der Waals surface area contributed by atoms with Crippen LogP contribution in [-0.2, 0) is 11.3 Å². The Bertz CT molecular complexity index is 721. The molecule has 2 heterocycles. The number of fused-ring (bicyclic) bond motifs is 1. The second-order valence-electron chi connectivity index (χ2n) is 6.30. The number of carbonyl (C=O) groups excluding carboxylic acids is 1. The number of nitrogens with zero attached hydrogens (tertiary/aromatic N) is 1. The van der Waals surface area contributed by atoms with Crippen LogP contribution in [0.2, 0.25) is 0 Å². The van der Waals surface area contributed by atoms with E-state index < -0.39 is 0 Å². The normalized spacial score (nSPS) is 18.7. The maximum absolute atomic E-state index is 12.5. The third-order valence-corrected chi connectivity index (χ3v) is 4.73. The number of benzene rings is 1. The van der Waals surface area contributed by atoms with Gasteiger partial charge in [-0.05, 0) is 51.4 Å². The molecule has 1 aromatic heterocycles. The quantitative estimate of drug-likeness (QED) is 0.775. The minimum Gasteiger partial charge on any atom is -0.497 e. The van der Waals surface area contributed by atoms with E-state index in [0.717, 1.165) is 11.9 Å². The zero-order valence-corrected chi connectivity index (χ0v) is 14.6. The van der Waals surface area contributed by atoms with Crippen LogP contribution in [0.3, 0.4) is 0 Å². The first kappa shape index (κ1) is 16.8. The molecule has 130 valence electrons. The Balaban J connectivity index is 2.01. The molecule has 2 aromatic rings. The molecule has 5 heteroatoms. The number of furan rings is 1. The second-order valence-corrected chi connectivity index (χ2v) is 6.30. The minimum atomic E-state index is -0.329. The van der Waals surface area contributed by atoms with E-state index in [2.05, 4.69) is 11.8 Å². The van der Waals surface area contributed by atoms with E-state index in [1.54, 1.807) is 7.11 Å². The Morgan fingerprint density at radius 3 is 2.92 bits per heavy atom. The average Bonchev–Trinajstić information content (AvgIpc) is 2.94. The lowest BCUT2D eigenvalue weighted by molar-refractivity contribution is 0.0522. The van der Waals surface area contributed by atoms with Gasteiger partial charge in [0.2, 0.25) is 0 Å². The summed E-state index contributed by atoms with van der Waals surface area (Å²) in [6.07, 6.45) is 3.63. The van der Waals surface area contributed by atoms with Gasteiger partial charge in [-0.25, -0.2) is 4.79 Å². The number of ether oxygens (including phenoxy) is 2. The zero-order valence-electron chi connectivity index (χ0n) is 14.6. The second kappa shape index (κ2) is 7.26. The standard InChI is InChI=1S/C19H25NO4/c1-4-23-19(21)18-15-11-14(22-3)8-9-16(15)24-17(18)12-20-10-6-5-7-13(20)2/h8-9,11,13H,4-7,10,12H2,1-3H3/t13-/m0/s1. The number of hydrogen-bond acceptors (Lipinski definition) is 5. The van der Waals surface area contributed by atoms with Gasteiger partial charge in [0.25, 0.3) is 0 Å². The molecule has 0 spiro atoms. The molecular formula is C19H25NO4. The lowest BCUT2D eigenvalue weighted by Gasteiger charge is -2.32. The average molecular weight is 331 g/mol. The predicted octanol–water partition coefficient (Wildman–Crippen LogP) is 3.99. The summed E-state index contributed by atoms with van der Waals surface area (Å²) in [6, 6.07) is 6.03. The van der Waals surface area contributed by atoms with Crippen molar-refractivity contribution in [1.29, 1.82) is 0 Å². The van der Waals surface area contributed by atoms with Crippen molar-refractivity contribution in [2.45, 2.75) is 45.7 Å². The first-order valence-electron chi connectivity index (χ1n) is 8.64. The molecule has 0 bridgehead atoms. The van der Waals surface area contributed by atoms with Crippen molar-refractivity contribution in [3.05, 3.63) is 29.5 Å². The smallest absolute Gasteiger partial charge is 0.342 e. The number of esters is 1. The van der Waals surface area contributed by atoms with Gasteiger partial charge in [-0.2, -0.15) is 0 Å². The van der Waals surface area contributed by atoms with E-state index in [9.17, 15) is 4.79 Å².